The number of halogens is 4. The van der Waals surface area contributed by atoms with E-state index in [-0.39, 0.29) is 5.82 Å². The predicted molar refractivity (Wildman–Crippen MR) is 98.5 cm³/mol. The first-order valence-corrected chi connectivity index (χ1v) is 9.10. The van der Waals surface area contributed by atoms with Crippen molar-refractivity contribution in [2.75, 3.05) is 6.61 Å². The zero-order chi connectivity index (χ0) is 16.8. The van der Waals surface area contributed by atoms with Crippen LogP contribution >= 0.6 is 39.1 Å². The molecule has 0 radical (unpaired) electrons. The minimum absolute atomic E-state index is 0.260. The van der Waals surface area contributed by atoms with Crippen LogP contribution in [0.5, 0.6) is 0 Å². The second-order valence-corrected chi connectivity index (χ2v) is 7.53. The summed E-state index contributed by atoms with van der Waals surface area (Å²) in [7, 11) is 0. The molecule has 0 spiro atoms. The number of nitrogens with zero attached hydrogens (tertiary/aromatic N) is 1. The van der Waals surface area contributed by atoms with Crippen molar-refractivity contribution in [3.05, 3.63) is 67.5 Å². The van der Waals surface area contributed by atoms with E-state index in [1.807, 2.05) is 12.1 Å². The molecule has 1 aromatic heterocycles. The summed E-state index contributed by atoms with van der Waals surface area (Å²) in [6, 6.07) is 8.58. The molecule has 0 bridgehead atoms. The number of benzene rings is 2. The predicted octanol–water partition coefficient (Wildman–Crippen LogP) is 5.97. The van der Waals surface area contributed by atoms with E-state index >= 15 is 0 Å². The van der Waals surface area contributed by atoms with Gasteiger partial charge in [-0.3, -0.25) is 0 Å². The molecule has 0 saturated carbocycles. The lowest BCUT2D eigenvalue weighted by molar-refractivity contribution is 0.110. The molecule has 0 aliphatic carbocycles. The number of ether oxygens (including phenoxy) is 1. The lowest BCUT2D eigenvalue weighted by Crippen LogP contribution is -2.14. The zero-order valence-electron chi connectivity index (χ0n) is 12.6. The van der Waals surface area contributed by atoms with Gasteiger partial charge in [-0.05, 0) is 45.8 Å². The highest BCUT2D eigenvalue weighted by Gasteiger charge is 2.23. The summed E-state index contributed by atoms with van der Waals surface area (Å²) in [6.45, 7) is 1.77. The standard InChI is InChI=1S/C18H13BrCl2FNO/c19-15-7-12(22)6-13-14-9-24-4-3-17(14)23(18(13)15)8-10-1-2-11(20)5-16(10)21/h1-2,5-7H,3-4,8-9H2. The van der Waals surface area contributed by atoms with Crippen LogP contribution in [-0.2, 0) is 24.3 Å². The topological polar surface area (TPSA) is 14.2 Å². The van der Waals surface area contributed by atoms with Gasteiger partial charge in [0.25, 0.3) is 0 Å². The van der Waals surface area contributed by atoms with Crippen molar-refractivity contribution in [3.63, 3.8) is 0 Å². The van der Waals surface area contributed by atoms with Gasteiger partial charge >= 0.3 is 0 Å². The maximum Gasteiger partial charge on any atom is 0.125 e. The SMILES string of the molecule is Fc1cc(Br)c2c(c1)c1c(n2Cc2ccc(Cl)cc2Cl)CCOC1. The summed E-state index contributed by atoms with van der Waals surface area (Å²) < 4.78 is 22.4. The summed E-state index contributed by atoms with van der Waals surface area (Å²) in [4.78, 5) is 0. The van der Waals surface area contributed by atoms with Crippen LogP contribution in [0.1, 0.15) is 16.8 Å². The first-order chi connectivity index (χ1) is 11.5. The van der Waals surface area contributed by atoms with Crippen LogP contribution in [0.3, 0.4) is 0 Å². The molecule has 0 amide bonds. The third-order valence-corrected chi connectivity index (χ3v) is 5.56. The van der Waals surface area contributed by atoms with Gasteiger partial charge < -0.3 is 9.30 Å². The molecule has 0 N–H and O–H groups in total. The fraction of sp³-hybridized carbons (Fsp3) is 0.222. The van der Waals surface area contributed by atoms with Crippen molar-refractivity contribution >= 4 is 50.0 Å². The van der Waals surface area contributed by atoms with Crippen LogP contribution in [0.15, 0.2) is 34.8 Å². The summed E-state index contributed by atoms with van der Waals surface area (Å²) in [5.74, 6) is -0.260. The second-order valence-electron chi connectivity index (χ2n) is 5.83. The van der Waals surface area contributed by atoms with Crippen LogP contribution in [0.25, 0.3) is 10.9 Å². The molecule has 1 aliphatic heterocycles. The highest BCUT2D eigenvalue weighted by Crippen LogP contribution is 2.36. The van der Waals surface area contributed by atoms with E-state index in [4.69, 9.17) is 27.9 Å². The van der Waals surface area contributed by atoms with E-state index in [1.54, 1.807) is 12.1 Å². The van der Waals surface area contributed by atoms with Crippen LogP contribution in [0.4, 0.5) is 4.39 Å². The zero-order valence-corrected chi connectivity index (χ0v) is 15.7. The molecule has 0 saturated heterocycles. The summed E-state index contributed by atoms with van der Waals surface area (Å²) in [5, 5.41) is 2.13. The van der Waals surface area contributed by atoms with Crippen LogP contribution in [-0.4, -0.2) is 11.2 Å². The lowest BCUT2D eigenvalue weighted by Gasteiger charge is -2.17. The monoisotopic (exact) mass is 427 g/mol. The molecule has 24 heavy (non-hydrogen) atoms. The second kappa shape index (κ2) is 6.34. The molecule has 2 aromatic carbocycles. The molecule has 4 rings (SSSR count). The summed E-state index contributed by atoms with van der Waals surface area (Å²) >= 11 is 15.9. The molecule has 6 heteroatoms. The van der Waals surface area contributed by atoms with Gasteiger partial charge in [0.05, 0.1) is 18.7 Å². The van der Waals surface area contributed by atoms with E-state index in [2.05, 4.69) is 20.5 Å². The maximum atomic E-state index is 13.9. The Hall–Kier alpha value is -1.07. The van der Waals surface area contributed by atoms with Gasteiger partial charge in [-0.25, -0.2) is 4.39 Å². The fourth-order valence-electron chi connectivity index (χ4n) is 3.31. The number of hydrogen-bond donors (Lipinski definition) is 0. The van der Waals surface area contributed by atoms with Crippen LogP contribution in [0, 0.1) is 5.82 Å². The Morgan fingerprint density at radius 3 is 2.83 bits per heavy atom. The smallest absolute Gasteiger partial charge is 0.125 e. The van der Waals surface area contributed by atoms with Gasteiger partial charge in [0.1, 0.15) is 5.82 Å². The minimum atomic E-state index is -0.260. The van der Waals surface area contributed by atoms with Crippen LogP contribution < -0.4 is 0 Å². The van der Waals surface area contributed by atoms with E-state index in [0.29, 0.717) is 29.8 Å². The van der Waals surface area contributed by atoms with Crippen molar-refractivity contribution in [1.82, 2.24) is 4.57 Å². The summed E-state index contributed by atoms with van der Waals surface area (Å²) in [6.07, 6.45) is 0.795. The Kier molecular flexibility index (Phi) is 4.33. The molecular formula is C18H13BrCl2FNO. The van der Waals surface area contributed by atoms with Gasteiger partial charge in [0.2, 0.25) is 0 Å². The average Bonchev–Trinajstić information content (AvgIpc) is 2.85. The van der Waals surface area contributed by atoms with Gasteiger partial charge in [-0.1, -0.05) is 29.3 Å². The quantitative estimate of drug-likeness (QED) is 0.490. The van der Waals surface area contributed by atoms with Gasteiger partial charge in [-0.2, -0.15) is 0 Å². The van der Waals surface area contributed by atoms with Gasteiger partial charge in [0.15, 0.2) is 0 Å². The largest absolute Gasteiger partial charge is 0.376 e. The van der Waals surface area contributed by atoms with E-state index < -0.39 is 0 Å². The average molecular weight is 429 g/mol. The molecule has 2 nitrogen and oxygen atoms in total. The number of rotatable bonds is 2. The van der Waals surface area contributed by atoms with E-state index in [0.717, 1.165) is 32.9 Å². The Balaban J connectivity index is 1.94. The van der Waals surface area contributed by atoms with Crippen molar-refractivity contribution < 1.29 is 9.13 Å². The Morgan fingerprint density at radius 2 is 2.04 bits per heavy atom. The fourth-order valence-corrected chi connectivity index (χ4v) is 4.42. The van der Waals surface area contributed by atoms with Crippen molar-refractivity contribution in [3.8, 4) is 0 Å². The molecular weight excluding hydrogens is 416 g/mol. The number of fused-ring (bicyclic) bond motifs is 3. The molecule has 1 aliphatic rings. The first kappa shape index (κ1) is 16.4. The van der Waals surface area contributed by atoms with Gasteiger partial charge in [-0.15, -0.1) is 0 Å². The third-order valence-electron chi connectivity index (χ3n) is 4.37. The van der Waals surface area contributed by atoms with Gasteiger partial charge in [0, 0.05) is 44.1 Å². The molecule has 0 atom stereocenters. The normalized spacial score (nSPS) is 14.2. The number of aromatic nitrogens is 1. The Morgan fingerprint density at radius 1 is 1.21 bits per heavy atom. The van der Waals surface area contributed by atoms with E-state index in [1.165, 1.54) is 11.8 Å². The maximum absolute atomic E-state index is 13.9. The summed E-state index contributed by atoms with van der Waals surface area (Å²) in [5.41, 5.74) is 4.18. The molecule has 0 fully saturated rings. The Labute approximate surface area is 157 Å². The highest BCUT2D eigenvalue weighted by atomic mass is 79.9. The highest BCUT2D eigenvalue weighted by molar-refractivity contribution is 9.10. The van der Waals surface area contributed by atoms with Crippen molar-refractivity contribution in [1.29, 1.82) is 0 Å². The lowest BCUT2D eigenvalue weighted by atomic mass is 10.1. The van der Waals surface area contributed by atoms with Crippen LogP contribution in [0.2, 0.25) is 10.0 Å². The van der Waals surface area contributed by atoms with Crippen molar-refractivity contribution in [2.24, 2.45) is 0 Å². The van der Waals surface area contributed by atoms with Crippen molar-refractivity contribution in [2.45, 2.75) is 19.6 Å². The number of hydrogen-bond acceptors (Lipinski definition) is 1. The molecule has 2 heterocycles. The first-order valence-electron chi connectivity index (χ1n) is 7.55. The Bertz CT molecular complexity index is 954. The third kappa shape index (κ3) is 2.76. The van der Waals surface area contributed by atoms with E-state index in [9.17, 15) is 4.39 Å². The minimum Gasteiger partial charge on any atom is -0.376 e. The molecule has 0 unspecified atom stereocenters. The molecule has 124 valence electrons. The molecule has 3 aromatic rings.